The van der Waals surface area contributed by atoms with E-state index in [4.69, 9.17) is 4.74 Å². The maximum Gasteiger partial charge on any atom is 0.344 e. The van der Waals surface area contributed by atoms with Crippen LogP contribution in [0.15, 0.2) is 59.6 Å². The van der Waals surface area contributed by atoms with Crippen molar-refractivity contribution in [3.63, 3.8) is 0 Å². The molecule has 0 aliphatic carbocycles. The number of nitro groups is 1. The van der Waals surface area contributed by atoms with Gasteiger partial charge in [0.2, 0.25) is 5.91 Å². The van der Waals surface area contributed by atoms with E-state index < -0.39 is 28.9 Å². The molecule has 0 bridgehead atoms. The van der Waals surface area contributed by atoms with E-state index in [9.17, 15) is 24.5 Å². The van der Waals surface area contributed by atoms with Crippen molar-refractivity contribution < 1.29 is 24.0 Å². The lowest BCUT2D eigenvalue weighted by atomic mass is 9.86. The largest absolute Gasteiger partial charge is 0.462 e. The number of carbonyl (C=O) groups is 3. The third-order valence-electron chi connectivity index (χ3n) is 6.44. The van der Waals surface area contributed by atoms with Crippen LogP contribution in [0, 0.1) is 16.0 Å². The number of aliphatic imine (C=N–C) groups is 1. The number of urea groups is 1. The Bertz CT molecular complexity index is 1200. The molecule has 0 fully saturated rings. The van der Waals surface area contributed by atoms with Gasteiger partial charge in [-0.05, 0) is 44.7 Å². The van der Waals surface area contributed by atoms with Gasteiger partial charge in [-0.15, -0.1) is 0 Å². The van der Waals surface area contributed by atoms with Crippen molar-refractivity contribution in [2.24, 2.45) is 10.9 Å². The minimum atomic E-state index is -0.915. The summed E-state index contributed by atoms with van der Waals surface area (Å²) in [6.45, 7) is 5.63. The van der Waals surface area contributed by atoms with Crippen LogP contribution in [-0.2, 0) is 20.7 Å². The molecule has 10 nitrogen and oxygen atoms in total. The van der Waals surface area contributed by atoms with Gasteiger partial charge in [0.1, 0.15) is 5.92 Å². The van der Waals surface area contributed by atoms with Crippen LogP contribution in [0.25, 0.3) is 0 Å². The molecule has 0 aromatic heterocycles. The van der Waals surface area contributed by atoms with Crippen molar-refractivity contribution in [3.8, 4) is 0 Å². The molecule has 1 aliphatic heterocycles. The fraction of sp³-hybridized carbons (Fsp3) is 0.429. The Morgan fingerprint density at radius 1 is 1.16 bits per heavy atom. The maximum atomic E-state index is 13.1. The Morgan fingerprint density at radius 3 is 2.53 bits per heavy atom. The predicted molar refractivity (Wildman–Crippen MR) is 143 cm³/mol. The van der Waals surface area contributed by atoms with E-state index in [0.717, 1.165) is 5.56 Å². The molecule has 2 aromatic rings. The number of non-ortho nitro benzene ring substituents is 1. The number of amides is 3. The predicted octanol–water partition coefficient (Wildman–Crippen LogP) is 4.58. The summed E-state index contributed by atoms with van der Waals surface area (Å²) in [5.74, 6) is -1.48. The van der Waals surface area contributed by atoms with Crippen LogP contribution in [0.3, 0.4) is 0 Å². The first-order valence-electron chi connectivity index (χ1n) is 12.7. The Labute approximate surface area is 222 Å². The van der Waals surface area contributed by atoms with Gasteiger partial charge < -0.3 is 14.5 Å². The average Bonchev–Trinajstić information content (AvgIpc) is 2.88. The van der Waals surface area contributed by atoms with E-state index >= 15 is 0 Å². The highest BCUT2D eigenvalue weighted by Gasteiger charge is 2.43. The lowest BCUT2D eigenvalue weighted by Crippen LogP contribution is -2.48. The first kappa shape index (κ1) is 28.5. The molecular formula is C28H34N4O6. The number of rotatable bonds is 11. The number of aryl methyl sites for hydroxylation is 1. The molecule has 0 radical (unpaired) electrons. The smallest absolute Gasteiger partial charge is 0.344 e. The summed E-state index contributed by atoms with van der Waals surface area (Å²) in [7, 11) is 1.72. The van der Waals surface area contributed by atoms with Crippen molar-refractivity contribution in [3.05, 3.63) is 75.8 Å². The van der Waals surface area contributed by atoms with E-state index in [0.29, 0.717) is 37.1 Å². The monoisotopic (exact) mass is 522 g/mol. The highest BCUT2D eigenvalue weighted by Crippen LogP contribution is 2.36. The van der Waals surface area contributed by atoms with Crippen molar-refractivity contribution in [1.82, 2.24) is 9.80 Å². The van der Waals surface area contributed by atoms with Crippen LogP contribution in [0.5, 0.6) is 0 Å². The van der Waals surface area contributed by atoms with Crippen LogP contribution in [-0.4, -0.2) is 64.6 Å². The number of nitro benzene ring substituents is 1. The van der Waals surface area contributed by atoms with Crippen molar-refractivity contribution >= 4 is 29.3 Å². The Kier molecular flexibility index (Phi) is 9.70. The van der Waals surface area contributed by atoms with Gasteiger partial charge in [0.15, 0.2) is 0 Å². The summed E-state index contributed by atoms with van der Waals surface area (Å²) in [5.41, 5.74) is 1.68. The summed E-state index contributed by atoms with van der Waals surface area (Å²) in [6.07, 6.45) is 1.05. The summed E-state index contributed by atoms with van der Waals surface area (Å²) < 4.78 is 5.47. The number of carbonyl (C=O) groups excluding carboxylic acids is 3. The normalized spacial score (nSPS) is 17.2. The molecule has 0 saturated carbocycles. The van der Waals surface area contributed by atoms with Gasteiger partial charge >= 0.3 is 12.0 Å². The molecule has 1 heterocycles. The van der Waals surface area contributed by atoms with E-state index in [1.807, 2.05) is 30.3 Å². The van der Waals surface area contributed by atoms with Crippen LogP contribution in [0.1, 0.15) is 50.8 Å². The van der Waals surface area contributed by atoms with Crippen molar-refractivity contribution in [2.75, 3.05) is 20.1 Å². The van der Waals surface area contributed by atoms with Crippen LogP contribution in [0.2, 0.25) is 0 Å². The molecule has 2 atom stereocenters. The minimum absolute atomic E-state index is 0.0127. The molecule has 2 aromatic carbocycles. The molecule has 10 heteroatoms. The average molecular weight is 523 g/mol. The maximum absolute atomic E-state index is 13.1. The number of hydrogen-bond donors (Lipinski definition) is 0. The van der Waals surface area contributed by atoms with E-state index in [1.54, 1.807) is 38.8 Å². The third kappa shape index (κ3) is 7.24. The molecular weight excluding hydrogens is 488 g/mol. The van der Waals surface area contributed by atoms with Crippen molar-refractivity contribution in [1.29, 1.82) is 0 Å². The third-order valence-corrected chi connectivity index (χ3v) is 6.44. The first-order chi connectivity index (χ1) is 18.1. The molecule has 3 amide bonds. The van der Waals surface area contributed by atoms with Gasteiger partial charge in [-0.25, -0.2) is 9.79 Å². The van der Waals surface area contributed by atoms with Gasteiger partial charge in [-0.2, -0.15) is 0 Å². The van der Waals surface area contributed by atoms with E-state index in [1.165, 1.54) is 23.1 Å². The lowest BCUT2D eigenvalue weighted by Gasteiger charge is -2.39. The molecule has 202 valence electrons. The SMILES string of the molecule is CC1=NC(=O)N(CCCN(C)C(=O)CCc2ccccc2)C(c2cccc([N+](=O)[O-])c2)C1C(=O)OC(C)C. The zero-order chi connectivity index (χ0) is 27.8. The van der Waals surface area contributed by atoms with E-state index in [2.05, 4.69) is 4.99 Å². The van der Waals surface area contributed by atoms with Crippen molar-refractivity contribution in [2.45, 2.75) is 52.2 Å². The number of ether oxygens (including phenoxy) is 1. The van der Waals surface area contributed by atoms with Gasteiger partial charge in [0, 0.05) is 44.4 Å². The fourth-order valence-corrected chi connectivity index (χ4v) is 4.54. The second-order valence-electron chi connectivity index (χ2n) is 9.64. The van der Waals surface area contributed by atoms with Gasteiger partial charge in [0.05, 0.1) is 17.1 Å². The Hall–Kier alpha value is -4.08. The summed E-state index contributed by atoms with van der Waals surface area (Å²) >= 11 is 0. The van der Waals surface area contributed by atoms with Gasteiger partial charge in [-0.1, -0.05) is 42.5 Å². The molecule has 38 heavy (non-hydrogen) atoms. The second-order valence-corrected chi connectivity index (χ2v) is 9.64. The number of hydrogen-bond acceptors (Lipinski definition) is 6. The Morgan fingerprint density at radius 2 is 1.87 bits per heavy atom. The first-order valence-corrected chi connectivity index (χ1v) is 12.7. The number of benzene rings is 2. The fourth-order valence-electron chi connectivity index (χ4n) is 4.54. The number of esters is 1. The molecule has 0 spiro atoms. The molecule has 3 rings (SSSR count). The molecule has 0 saturated heterocycles. The standard InChI is InChI=1S/C28H34N4O6/c1-19(2)38-27(34)25-20(3)29-28(35)31(26(25)22-12-8-13-23(18-22)32(36)37)17-9-16-30(4)24(33)15-14-21-10-6-5-7-11-21/h5-8,10-13,18-19,25-26H,9,14-17H2,1-4H3. The van der Waals surface area contributed by atoms with Crippen LogP contribution in [0.4, 0.5) is 10.5 Å². The Balaban J connectivity index is 1.77. The second kappa shape index (κ2) is 12.9. The summed E-state index contributed by atoms with van der Waals surface area (Å²) in [4.78, 5) is 56.9. The van der Waals surface area contributed by atoms with Crippen LogP contribution >= 0.6 is 0 Å². The topological polar surface area (TPSA) is 122 Å². The molecule has 1 aliphatic rings. The quantitative estimate of drug-likeness (QED) is 0.242. The lowest BCUT2D eigenvalue weighted by molar-refractivity contribution is -0.385. The minimum Gasteiger partial charge on any atom is -0.462 e. The highest BCUT2D eigenvalue weighted by molar-refractivity contribution is 6.08. The summed E-state index contributed by atoms with van der Waals surface area (Å²) in [6, 6.07) is 14.3. The van der Waals surface area contributed by atoms with Gasteiger partial charge in [-0.3, -0.25) is 19.7 Å². The zero-order valence-corrected chi connectivity index (χ0v) is 22.2. The molecule has 2 unspecified atom stereocenters. The number of nitrogens with zero attached hydrogens (tertiary/aromatic N) is 4. The van der Waals surface area contributed by atoms with E-state index in [-0.39, 0.29) is 24.2 Å². The zero-order valence-electron chi connectivity index (χ0n) is 22.2. The van der Waals surface area contributed by atoms with Crippen LogP contribution < -0.4 is 0 Å². The highest BCUT2D eigenvalue weighted by atomic mass is 16.6. The molecule has 0 N–H and O–H groups in total. The summed E-state index contributed by atoms with van der Waals surface area (Å²) in [5, 5.41) is 11.4. The van der Waals surface area contributed by atoms with Gasteiger partial charge in [0.25, 0.3) is 5.69 Å².